The van der Waals surface area contributed by atoms with Gasteiger partial charge in [0.25, 0.3) is 17.2 Å². The molecule has 2 aromatic carbocycles. The van der Waals surface area contributed by atoms with Gasteiger partial charge < -0.3 is 14.8 Å². The van der Waals surface area contributed by atoms with Gasteiger partial charge in [-0.25, -0.2) is 9.37 Å². The Bertz CT molecular complexity index is 1360. The molecule has 10 heteroatoms. The lowest BCUT2D eigenvalue weighted by molar-refractivity contribution is -0.118. The first kappa shape index (κ1) is 23.0. The highest BCUT2D eigenvalue weighted by atomic mass is 19.1. The van der Waals surface area contributed by atoms with E-state index in [0.717, 1.165) is 0 Å². The molecule has 2 heterocycles. The minimum Gasteiger partial charge on any atom is -0.485 e. The molecular weight excluding hydrogens is 441 g/mol. The number of nitrogens with zero attached hydrogens (tertiary/aromatic N) is 4. The Morgan fingerprint density at radius 3 is 2.59 bits per heavy atom. The van der Waals surface area contributed by atoms with Gasteiger partial charge in [0.1, 0.15) is 18.7 Å². The number of carbonyl (C=O) groups excluding carboxylic acids is 1. The van der Waals surface area contributed by atoms with Crippen LogP contribution in [0.1, 0.15) is 19.5 Å². The van der Waals surface area contributed by atoms with E-state index in [4.69, 9.17) is 9.47 Å². The van der Waals surface area contributed by atoms with Crippen molar-refractivity contribution in [3.05, 3.63) is 82.8 Å². The molecule has 2 aromatic heterocycles. The first-order valence-electron chi connectivity index (χ1n) is 10.7. The van der Waals surface area contributed by atoms with Crippen LogP contribution in [0.25, 0.3) is 5.78 Å². The molecule has 34 heavy (non-hydrogen) atoms. The van der Waals surface area contributed by atoms with E-state index < -0.39 is 11.7 Å². The standard InChI is InChI=1S/C24H24FN5O4/c1-16(2)12-29-15-26-24-27-17(11-23(32)30(24)29)13-33-21-10-6-4-8-19(21)28-22(31)14-34-20-9-5-3-7-18(20)25/h3-11,15-16H,12-14H2,1-2H3,(H,28,31). The number of aromatic nitrogens is 4. The predicted octanol–water partition coefficient (Wildman–Crippen LogP) is 3.28. The van der Waals surface area contributed by atoms with E-state index in [1.165, 1.54) is 28.8 Å². The first-order chi connectivity index (χ1) is 16.4. The van der Waals surface area contributed by atoms with Crippen LogP contribution in [0.3, 0.4) is 0 Å². The average Bonchev–Trinajstić information content (AvgIpc) is 3.20. The highest BCUT2D eigenvalue weighted by molar-refractivity contribution is 5.93. The SMILES string of the molecule is CC(C)Cn1cnc2nc(COc3ccccc3NC(=O)COc3ccccc3F)cc(=O)n21. The van der Waals surface area contributed by atoms with Gasteiger partial charge in [-0.2, -0.15) is 9.50 Å². The van der Waals surface area contributed by atoms with Gasteiger partial charge in [-0.15, -0.1) is 0 Å². The molecule has 4 aromatic rings. The summed E-state index contributed by atoms with van der Waals surface area (Å²) in [6.45, 7) is 4.37. The van der Waals surface area contributed by atoms with Crippen molar-refractivity contribution < 1.29 is 18.7 Å². The number of amides is 1. The molecule has 176 valence electrons. The van der Waals surface area contributed by atoms with Crippen molar-refractivity contribution in [2.45, 2.75) is 27.0 Å². The Morgan fingerprint density at radius 2 is 1.82 bits per heavy atom. The number of hydrogen-bond donors (Lipinski definition) is 1. The number of carbonyl (C=O) groups is 1. The maximum Gasteiger partial charge on any atom is 0.274 e. The minimum atomic E-state index is -0.548. The van der Waals surface area contributed by atoms with Crippen molar-refractivity contribution in [3.63, 3.8) is 0 Å². The molecule has 0 unspecified atom stereocenters. The average molecular weight is 465 g/mol. The van der Waals surface area contributed by atoms with Gasteiger partial charge in [0.05, 0.1) is 11.4 Å². The Kier molecular flexibility index (Phi) is 6.86. The third kappa shape index (κ3) is 5.40. The minimum absolute atomic E-state index is 0.00138. The van der Waals surface area contributed by atoms with Gasteiger partial charge in [-0.3, -0.25) is 14.3 Å². The quantitative estimate of drug-likeness (QED) is 0.407. The number of nitrogens with one attached hydrogen (secondary N) is 1. The number of halogens is 1. The number of hydrogen-bond acceptors (Lipinski definition) is 6. The molecular formula is C24H24FN5O4. The molecule has 0 bridgehead atoms. The summed E-state index contributed by atoms with van der Waals surface area (Å²) in [7, 11) is 0. The molecule has 0 saturated carbocycles. The normalized spacial score (nSPS) is 11.1. The molecule has 4 rings (SSSR count). The third-order valence-electron chi connectivity index (χ3n) is 4.78. The number of rotatable bonds is 9. The zero-order chi connectivity index (χ0) is 24.1. The van der Waals surface area contributed by atoms with E-state index in [9.17, 15) is 14.0 Å². The summed E-state index contributed by atoms with van der Waals surface area (Å²) in [5.41, 5.74) is 0.557. The summed E-state index contributed by atoms with van der Waals surface area (Å²) in [5, 5.41) is 2.69. The van der Waals surface area contributed by atoms with Crippen LogP contribution in [0.15, 0.2) is 65.7 Å². The highest BCUT2D eigenvalue weighted by Gasteiger charge is 2.13. The lowest BCUT2D eigenvalue weighted by Crippen LogP contribution is -2.23. The smallest absolute Gasteiger partial charge is 0.274 e. The molecule has 0 fully saturated rings. The third-order valence-corrected chi connectivity index (χ3v) is 4.78. The summed E-state index contributed by atoms with van der Waals surface area (Å²) >= 11 is 0. The van der Waals surface area contributed by atoms with E-state index in [0.29, 0.717) is 35.4 Å². The lowest BCUT2D eigenvalue weighted by atomic mass is 10.2. The Hall–Kier alpha value is -4.21. The number of fused-ring (bicyclic) bond motifs is 1. The topological polar surface area (TPSA) is 99.8 Å². The Labute approximate surface area is 194 Å². The molecule has 0 spiro atoms. The number of para-hydroxylation sites is 3. The molecule has 1 N–H and O–H groups in total. The zero-order valence-corrected chi connectivity index (χ0v) is 18.8. The van der Waals surface area contributed by atoms with Crippen LogP contribution < -0.4 is 20.3 Å². The van der Waals surface area contributed by atoms with Crippen molar-refractivity contribution in [2.24, 2.45) is 5.92 Å². The first-order valence-corrected chi connectivity index (χ1v) is 10.7. The highest BCUT2D eigenvalue weighted by Crippen LogP contribution is 2.24. The maximum absolute atomic E-state index is 13.7. The second kappa shape index (κ2) is 10.2. The van der Waals surface area contributed by atoms with Gasteiger partial charge in [0.15, 0.2) is 18.2 Å². The van der Waals surface area contributed by atoms with E-state index >= 15 is 0 Å². The van der Waals surface area contributed by atoms with Gasteiger partial charge in [0.2, 0.25) is 0 Å². The second-order valence-corrected chi connectivity index (χ2v) is 8.01. The molecule has 0 radical (unpaired) electrons. The van der Waals surface area contributed by atoms with Gasteiger partial charge >= 0.3 is 0 Å². The van der Waals surface area contributed by atoms with E-state index in [1.54, 1.807) is 41.3 Å². The summed E-state index contributed by atoms with van der Waals surface area (Å²) in [6.07, 6.45) is 1.59. The number of anilines is 1. The largest absolute Gasteiger partial charge is 0.485 e. The summed E-state index contributed by atoms with van der Waals surface area (Å²) in [4.78, 5) is 33.5. The summed E-state index contributed by atoms with van der Waals surface area (Å²) in [6, 6.07) is 14.1. The lowest BCUT2D eigenvalue weighted by Gasteiger charge is -2.13. The van der Waals surface area contributed by atoms with Crippen LogP contribution in [0.4, 0.5) is 10.1 Å². The monoisotopic (exact) mass is 465 g/mol. The van der Waals surface area contributed by atoms with Crippen LogP contribution in [-0.4, -0.2) is 31.7 Å². The van der Waals surface area contributed by atoms with Crippen molar-refractivity contribution in [1.82, 2.24) is 19.2 Å². The van der Waals surface area contributed by atoms with Crippen molar-refractivity contribution in [1.29, 1.82) is 0 Å². The Morgan fingerprint density at radius 1 is 1.09 bits per heavy atom. The van der Waals surface area contributed by atoms with E-state index in [2.05, 4.69) is 29.1 Å². The number of benzene rings is 2. The predicted molar refractivity (Wildman–Crippen MR) is 123 cm³/mol. The molecule has 0 saturated heterocycles. The van der Waals surface area contributed by atoms with Gasteiger partial charge in [0, 0.05) is 12.6 Å². The van der Waals surface area contributed by atoms with Crippen LogP contribution >= 0.6 is 0 Å². The van der Waals surface area contributed by atoms with Gasteiger partial charge in [-0.1, -0.05) is 38.1 Å². The number of ether oxygens (including phenoxy) is 2. The second-order valence-electron chi connectivity index (χ2n) is 8.01. The molecule has 9 nitrogen and oxygen atoms in total. The van der Waals surface area contributed by atoms with E-state index in [-0.39, 0.29) is 24.5 Å². The molecule has 1 amide bonds. The maximum atomic E-state index is 13.7. The fourth-order valence-corrected chi connectivity index (χ4v) is 3.32. The van der Waals surface area contributed by atoms with Crippen LogP contribution in [0.2, 0.25) is 0 Å². The van der Waals surface area contributed by atoms with Crippen LogP contribution in [-0.2, 0) is 17.9 Å². The van der Waals surface area contributed by atoms with Gasteiger partial charge in [-0.05, 0) is 30.2 Å². The van der Waals surface area contributed by atoms with Crippen LogP contribution in [0.5, 0.6) is 11.5 Å². The Balaban J connectivity index is 1.42. The zero-order valence-electron chi connectivity index (χ0n) is 18.8. The summed E-state index contributed by atoms with van der Waals surface area (Å²) < 4.78 is 27.9. The van der Waals surface area contributed by atoms with Crippen molar-refractivity contribution in [2.75, 3.05) is 11.9 Å². The molecule has 0 aliphatic rings. The summed E-state index contributed by atoms with van der Waals surface area (Å²) in [5.74, 6) is -0.0177. The fourth-order valence-electron chi connectivity index (χ4n) is 3.32. The fraction of sp³-hybridized carbons (Fsp3) is 0.250. The molecule has 0 aliphatic carbocycles. The molecule has 0 atom stereocenters. The van der Waals surface area contributed by atoms with E-state index in [1.807, 2.05) is 0 Å². The van der Waals surface area contributed by atoms with Crippen LogP contribution in [0, 0.1) is 11.7 Å². The van der Waals surface area contributed by atoms with Crippen molar-refractivity contribution >= 4 is 17.4 Å². The molecule has 0 aliphatic heterocycles. The van der Waals surface area contributed by atoms with Crippen molar-refractivity contribution in [3.8, 4) is 11.5 Å².